The SMILES string of the molecule is O=C(c1ccc(-c2ccccc2)cc1)N(Cc1cccn1Cc1cccc(Cl)c1)C1CCCCC1. The van der Waals surface area contributed by atoms with E-state index in [-0.39, 0.29) is 11.9 Å². The molecular formula is C31H31ClN2O. The molecule has 1 heterocycles. The molecular weight excluding hydrogens is 452 g/mol. The van der Waals surface area contributed by atoms with Gasteiger partial charge in [-0.2, -0.15) is 0 Å². The number of carbonyl (C=O) groups is 1. The van der Waals surface area contributed by atoms with Crippen molar-refractivity contribution in [2.45, 2.75) is 51.2 Å². The maximum Gasteiger partial charge on any atom is 0.254 e. The predicted octanol–water partition coefficient (Wildman–Crippen LogP) is 7.83. The molecule has 1 fully saturated rings. The molecule has 0 radical (unpaired) electrons. The number of aromatic nitrogens is 1. The molecule has 4 heteroatoms. The third-order valence-corrected chi connectivity index (χ3v) is 7.25. The first-order valence-electron chi connectivity index (χ1n) is 12.5. The quantitative estimate of drug-likeness (QED) is 0.263. The van der Waals surface area contributed by atoms with E-state index in [2.05, 4.69) is 58.1 Å². The van der Waals surface area contributed by atoms with Crippen LogP contribution in [0.15, 0.2) is 97.2 Å². The molecule has 0 atom stereocenters. The standard InChI is InChI=1S/C31H31ClN2O/c32-28-12-7-9-24(21-28)22-33-20-8-15-30(33)23-34(29-13-5-2-6-14-29)31(35)27-18-16-26(17-19-27)25-10-3-1-4-11-25/h1,3-4,7-12,15-21,29H,2,5-6,13-14,22-23H2. The summed E-state index contributed by atoms with van der Waals surface area (Å²) >= 11 is 6.21. The van der Waals surface area contributed by atoms with Crippen molar-refractivity contribution in [3.63, 3.8) is 0 Å². The molecule has 0 saturated heterocycles. The summed E-state index contributed by atoms with van der Waals surface area (Å²) in [5, 5.41) is 0.745. The largest absolute Gasteiger partial charge is 0.345 e. The first-order chi connectivity index (χ1) is 17.2. The molecule has 3 nitrogen and oxygen atoms in total. The summed E-state index contributed by atoms with van der Waals surface area (Å²) in [4.78, 5) is 15.9. The van der Waals surface area contributed by atoms with Crippen LogP contribution in [-0.2, 0) is 13.1 Å². The Morgan fingerprint density at radius 3 is 2.31 bits per heavy atom. The average molecular weight is 483 g/mol. The lowest BCUT2D eigenvalue weighted by atomic mass is 9.93. The van der Waals surface area contributed by atoms with Gasteiger partial charge in [0.2, 0.25) is 0 Å². The van der Waals surface area contributed by atoms with Crippen LogP contribution in [0.25, 0.3) is 11.1 Å². The van der Waals surface area contributed by atoms with Gasteiger partial charge in [0.15, 0.2) is 0 Å². The molecule has 35 heavy (non-hydrogen) atoms. The summed E-state index contributed by atoms with van der Waals surface area (Å²) in [5.41, 5.74) is 5.34. The Bertz CT molecular complexity index is 1260. The number of amides is 1. The minimum absolute atomic E-state index is 0.118. The molecule has 0 bridgehead atoms. The maximum absolute atomic E-state index is 13.8. The molecule has 0 N–H and O–H groups in total. The van der Waals surface area contributed by atoms with E-state index in [1.165, 1.54) is 19.3 Å². The van der Waals surface area contributed by atoms with Crippen molar-refractivity contribution >= 4 is 17.5 Å². The number of nitrogens with zero attached hydrogens (tertiary/aromatic N) is 2. The van der Waals surface area contributed by atoms with Crippen molar-refractivity contribution in [1.82, 2.24) is 9.47 Å². The Hall–Kier alpha value is -3.30. The Morgan fingerprint density at radius 1 is 0.829 bits per heavy atom. The van der Waals surface area contributed by atoms with E-state index < -0.39 is 0 Å². The second kappa shape index (κ2) is 11.0. The van der Waals surface area contributed by atoms with E-state index in [4.69, 9.17) is 11.6 Å². The second-order valence-electron chi connectivity index (χ2n) is 9.43. The molecule has 1 aliphatic carbocycles. The van der Waals surface area contributed by atoms with Crippen LogP contribution < -0.4 is 0 Å². The van der Waals surface area contributed by atoms with Gasteiger partial charge in [0.25, 0.3) is 5.91 Å². The van der Waals surface area contributed by atoms with E-state index >= 15 is 0 Å². The molecule has 0 unspecified atom stereocenters. The Morgan fingerprint density at radius 2 is 1.57 bits per heavy atom. The monoisotopic (exact) mass is 482 g/mol. The number of halogens is 1. The van der Waals surface area contributed by atoms with Crippen LogP contribution in [0.3, 0.4) is 0 Å². The second-order valence-corrected chi connectivity index (χ2v) is 9.86. The fourth-order valence-electron chi connectivity index (χ4n) is 5.11. The van der Waals surface area contributed by atoms with Crippen LogP contribution in [0.5, 0.6) is 0 Å². The minimum atomic E-state index is 0.118. The third-order valence-electron chi connectivity index (χ3n) is 7.01. The molecule has 178 valence electrons. The normalized spacial score (nSPS) is 14.1. The molecule has 1 aliphatic rings. The number of hydrogen-bond donors (Lipinski definition) is 0. The molecule has 3 aromatic carbocycles. The summed E-state index contributed by atoms with van der Waals surface area (Å²) in [5.74, 6) is 0.118. The Balaban J connectivity index is 1.39. The van der Waals surface area contributed by atoms with Gasteiger partial charge >= 0.3 is 0 Å². The number of benzene rings is 3. The molecule has 0 aliphatic heterocycles. The van der Waals surface area contributed by atoms with Crippen molar-refractivity contribution < 1.29 is 4.79 Å². The first-order valence-corrected chi connectivity index (χ1v) is 12.9. The zero-order valence-electron chi connectivity index (χ0n) is 19.9. The highest BCUT2D eigenvalue weighted by Crippen LogP contribution is 2.27. The van der Waals surface area contributed by atoms with Crippen LogP contribution in [-0.4, -0.2) is 21.4 Å². The minimum Gasteiger partial charge on any atom is -0.345 e. The highest BCUT2D eigenvalue weighted by Gasteiger charge is 2.27. The van der Waals surface area contributed by atoms with Gasteiger partial charge in [-0.1, -0.05) is 85.5 Å². The smallest absolute Gasteiger partial charge is 0.254 e. The third kappa shape index (κ3) is 5.68. The summed E-state index contributed by atoms with van der Waals surface area (Å²) in [6.07, 6.45) is 7.87. The first kappa shape index (κ1) is 23.4. The van der Waals surface area contributed by atoms with Gasteiger partial charge in [-0.05, 0) is 65.9 Å². The summed E-state index contributed by atoms with van der Waals surface area (Å²) < 4.78 is 2.23. The number of hydrogen-bond acceptors (Lipinski definition) is 1. The topological polar surface area (TPSA) is 25.2 Å². The van der Waals surface area contributed by atoms with Gasteiger partial charge in [-0.25, -0.2) is 0 Å². The van der Waals surface area contributed by atoms with Gasteiger partial charge in [0, 0.05) is 35.1 Å². The summed E-state index contributed by atoms with van der Waals surface area (Å²) in [6, 6.07) is 30.8. The van der Waals surface area contributed by atoms with Crippen molar-refractivity contribution in [2.75, 3.05) is 0 Å². The van der Waals surface area contributed by atoms with Crippen LogP contribution in [0.4, 0.5) is 0 Å². The zero-order valence-corrected chi connectivity index (χ0v) is 20.7. The van der Waals surface area contributed by atoms with E-state index in [0.29, 0.717) is 6.54 Å². The molecule has 1 saturated carbocycles. The lowest BCUT2D eigenvalue weighted by Gasteiger charge is -2.35. The fourth-order valence-corrected chi connectivity index (χ4v) is 5.33. The summed E-state index contributed by atoms with van der Waals surface area (Å²) in [7, 11) is 0. The molecule has 0 spiro atoms. The van der Waals surface area contributed by atoms with Gasteiger partial charge in [0.05, 0.1) is 6.54 Å². The van der Waals surface area contributed by atoms with Crippen LogP contribution in [0.2, 0.25) is 5.02 Å². The lowest BCUT2D eigenvalue weighted by Crippen LogP contribution is -2.41. The van der Waals surface area contributed by atoms with E-state index in [1.807, 2.05) is 48.5 Å². The maximum atomic E-state index is 13.8. The van der Waals surface area contributed by atoms with E-state index in [9.17, 15) is 4.79 Å². The van der Waals surface area contributed by atoms with Gasteiger partial charge < -0.3 is 9.47 Å². The van der Waals surface area contributed by atoms with Crippen molar-refractivity contribution in [1.29, 1.82) is 0 Å². The van der Waals surface area contributed by atoms with Crippen LogP contribution >= 0.6 is 11.6 Å². The highest BCUT2D eigenvalue weighted by molar-refractivity contribution is 6.30. The molecule has 1 aromatic heterocycles. The molecule has 4 aromatic rings. The number of carbonyl (C=O) groups excluding carboxylic acids is 1. The predicted molar refractivity (Wildman–Crippen MR) is 144 cm³/mol. The van der Waals surface area contributed by atoms with Crippen molar-refractivity contribution in [3.05, 3.63) is 119 Å². The Labute approximate surface area is 213 Å². The Kier molecular flexibility index (Phi) is 7.34. The van der Waals surface area contributed by atoms with Crippen molar-refractivity contribution in [3.8, 4) is 11.1 Å². The average Bonchev–Trinajstić information content (AvgIpc) is 3.34. The van der Waals surface area contributed by atoms with Gasteiger partial charge in [-0.15, -0.1) is 0 Å². The summed E-state index contributed by atoms with van der Waals surface area (Å²) in [6.45, 7) is 1.35. The van der Waals surface area contributed by atoms with Gasteiger partial charge in [-0.3, -0.25) is 4.79 Å². The van der Waals surface area contributed by atoms with Crippen LogP contribution in [0, 0.1) is 0 Å². The zero-order chi connectivity index (χ0) is 24.0. The van der Waals surface area contributed by atoms with E-state index in [1.54, 1.807) is 0 Å². The molecule has 1 amide bonds. The van der Waals surface area contributed by atoms with E-state index in [0.717, 1.165) is 52.4 Å². The number of rotatable bonds is 7. The van der Waals surface area contributed by atoms with Crippen LogP contribution in [0.1, 0.15) is 53.7 Å². The lowest BCUT2D eigenvalue weighted by molar-refractivity contribution is 0.0608. The molecule has 5 rings (SSSR count). The van der Waals surface area contributed by atoms with Gasteiger partial charge in [0.1, 0.15) is 0 Å². The highest BCUT2D eigenvalue weighted by atomic mass is 35.5. The fraction of sp³-hybridized carbons (Fsp3) is 0.258. The van der Waals surface area contributed by atoms with Crippen molar-refractivity contribution in [2.24, 2.45) is 0 Å².